The molecule has 2 atom stereocenters. The maximum absolute atomic E-state index is 12.7. The summed E-state index contributed by atoms with van der Waals surface area (Å²) in [5, 5.41) is 3.22. The SMILES string of the molecule is CN1CCC(N(C)[C@H]2CCCC[C@@H]2N(C)C(=O)NC2CC=CC2)CC1. The Morgan fingerprint density at radius 3 is 2.24 bits per heavy atom. The smallest absolute Gasteiger partial charge is 0.317 e. The van der Waals surface area contributed by atoms with Crippen LogP contribution in [0.3, 0.4) is 0 Å². The average Bonchev–Trinajstić information content (AvgIpc) is 3.14. The molecule has 0 unspecified atom stereocenters. The molecule has 1 saturated heterocycles. The molecule has 0 bridgehead atoms. The lowest BCUT2D eigenvalue weighted by molar-refractivity contribution is 0.0420. The van der Waals surface area contributed by atoms with E-state index in [1.54, 1.807) is 0 Å². The van der Waals surface area contributed by atoms with Crippen LogP contribution in [0, 0.1) is 0 Å². The fourth-order valence-corrected chi connectivity index (χ4v) is 4.85. The predicted molar refractivity (Wildman–Crippen MR) is 103 cm³/mol. The molecule has 5 heteroatoms. The maximum atomic E-state index is 12.7. The van der Waals surface area contributed by atoms with Crippen LogP contribution < -0.4 is 5.32 Å². The Bertz CT molecular complexity index is 464. The van der Waals surface area contributed by atoms with Crippen LogP contribution >= 0.6 is 0 Å². The Kier molecular flexibility index (Phi) is 6.39. The number of piperidine rings is 1. The Hall–Kier alpha value is -1.07. The molecule has 0 aromatic carbocycles. The Morgan fingerprint density at radius 2 is 1.60 bits per heavy atom. The number of nitrogens with one attached hydrogen (secondary N) is 1. The molecular formula is C20H36N4O. The van der Waals surface area contributed by atoms with Gasteiger partial charge in [-0.05, 0) is 65.7 Å². The minimum Gasteiger partial charge on any atom is -0.335 e. The zero-order chi connectivity index (χ0) is 17.8. The predicted octanol–water partition coefficient (Wildman–Crippen LogP) is 2.68. The van der Waals surface area contributed by atoms with Gasteiger partial charge in [0.05, 0.1) is 0 Å². The van der Waals surface area contributed by atoms with Crippen molar-refractivity contribution in [1.29, 1.82) is 0 Å². The van der Waals surface area contributed by atoms with Gasteiger partial charge in [-0.25, -0.2) is 4.79 Å². The van der Waals surface area contributed by atoms with Crippen LogP contribution in [-0.2, 0) is 0 Å². The second kappa shape index (κ2) is 8.54. The normalized spacial score (nSPS) is 29.3. The third-order valence-corrected chi connectivity index (χ3v) is 6.63. The highest BCUT2D eigenvalue weighted by atomic mass is 16.2. The molecule has 2 amide bonds. The quantitative estimate of drug-likeness (QED) is 0.794. The Morgan fingerprint density at radius 1 is 1.00 bits per heavy atom. The Labute approximate surface area is 153 Å². The summed E-state index contributed by atoms with van der Waals surface area (Å²) in [5.74, 6) is 0. The standard InChI is InChI=1S/C20H36N4O/c1-22-14-12-17(13-15-22)23(2)18-10-6-7-11-19(18)24(3)20(25)21-16-8-4-5-9-16/h4-5,16-19H,6-15H2,1-3H3,(H,21,25)/t18-,19-/m0/s1. The number of hydrogen-bond donors (Lipinski definition) is 1. The summed E-state index contributed by atoms with van der Waals surface area (Å²) in [6, 6.07) is 1.91. The van der Waals surface area contributed by atoms with Crippen molar-refractivity contribution < 1.29 is 4.79 Å². The molecule has 3 aliphatic rings. The van der Waals surface area contributed by atoms with Gasteiger partial charge in [-0.1, -0.05) is 25.0 Å². The van der Waals surface area contributed by atoms with Crippen molar-refractivity contribution in [3.63, 3.8) is 0 Å². The molecule has 1 heterocycles. The fourth-order valence-electron chi connectivity index (χ4n) is 4.85. The number of carbonyl (C=O) groups excluding carboxylic acids is 1. The van der Waals surface area contributed by atoms with Gasteiger partial charge in [0, 0.05) is 31.2 Å². The summed E-state index contributed by atoms with van der Waals surface area (Å²) in [6.45, 7) is 2.38. The highest BCUT2D eigenvalue weighted by molar-refractivity contribution is 5.74. The molecule has 2 aliphatic carbocycles. The molecule has 25 heavy (non-hydrogen) atoms. The molecule has 0 aromatic rings. The van der Waals surface area contributed by atoms with Gasteiger partial charge in [0.15, 0.2) is 0 Å². The van der Waals surface area contributed by atoms with Gasteiger partial charge in [-0.3, -0.25) is 4.90 Å². The van der Waals surface area contributed by atoms with Crippen molar-refractivity contribution in [3.05, 3.63) is 12.2 Å². The summed E-state index contributed by atoms with van der Waals surface area (Å²) in [6.07, 6.45) is 13.7. The minimum atomic E-state index is 0.113. The second-order valence-electron chi connectivity index (χ2n) is 8.32. The van der Waals surface area contributed by atoms with Crippen LogP contribution in [-0.4, -0.2) is 79.1 Å². The first-order valence-corrected chi connectivity index (χ1v) is 10.1. The van der Waals surface area contributed by atoms with E-state index in [-0.39, 0.29) is 6.03 Å². The molecule has 3 rings (SSSR count). The van der Waals surface area contributed by atoms with Crippen LogP contribution in [0.15, 0.2) is 12.2 Å². The van der Waals surface area contributed by atoms with Crippen LogP contribution in [0.2, 0.25) is 0 Å². The van der Waals surface area contributed by atoms with Crippen molar-refractivity contribution in [2.45, 2.75) is 75.5 Å². The zero-order valence-corrected chi connectivity index (χ0v) is 16.3. The molecule has 1 N–H and O–H groups in total. The molecule has 0 spiro atoms. The molecule has 0 aromatic heterocycles. The highest BCUT2D eigenvalue weighted by Gasteiger charge is 2.36. The van der Waals surface area contributed by atoms with Crippen LogP contribution in [0.25, 0.3) is 0 Å². The van der Waals surface area contributed by atoms with Crippen molar-refractivity contribution in [1.82, 2.24) is 20.0 Å². The van der Waals surface area contributed by atoms with Gasteiger partial charge in [-0.2, -0.15) is 0 Å². The van der Waals surface area contributed by atoms with Crippen LogP contribution in [0.4, 0.5) is 4.79 Å². The number of likely N-dealkylation sites (N-methyl/N-ethyl adjacent to an activating group) is 2. The molecule has 2 fully saturated rings. The van der Waals surface area contributed by atoms with E-state index in [2.05, 4.69) is 41.4 Å². The first-order valence-electron chi connectivity index (χ1n) is 10.1. The van der Waals surface area contributed by atoms with E-state index in [0.717, 1.165) is 19.3 Å². The number of carbonyl (C=O) groups is 1. The topological polar surface area (TPSA) is 38.8 Å². The van der Waals surface area contributed by atoms with Crippen LogP contribution in [0.1, 0.15) is 51.4 Å². The summed E-state index contributed by atoms with van der Waals surface area (Å²) >= 11 is 0. The lowest BCUT2D eigenvalue weighted by Crippen LogP contribution is -2.58. The fraction of sp³-hybridized carbons (Fsp3) is 0.850. The molecule has 5 nitrogen and oxygen atoms in total. The average molecular weight is 349 g/mol. The van der Waals surface area contributed by atoms with E-state index in [0.29, 0.717) is 24.2 Å². The summed E-state index contributed by atoms with van der Waals surface area (Å²) in [7, 11) is 6.52. The highest BCUT2D eigenvalue weighted by Crippen LogP contribution is 2.29. The van der Waals surface area contributed by atoms with Crippen molar-refractivity contribution >= 4 is 6.03 Å². The van der Waals surface area contributed by atoms with E-state index in [4.69, 9.17) is 0 Å². The van der Waals surface area contributed by atoms with E-state index in [9.17, 15) is 4.79 Å². The Balaban J connectivity index is 1.60. The number of nitrogens with zero attached hydrogens (tertiary/aromatic N) is 3. The van der Waals surface area contributed by atoms with Gasteiger partial charge >= 0.3 is 6.03 Å². The molecule has 1 saturated carbocycles. The number of urea groups is 1. The maximum Gasteiger partial charge on any atom is 0.317 e. The number of rotatable bonds is 4. The summed E-state index contributed by atoms with van der Waals surface area (Å²) < 4.78 is 0. The third-order valence-electron chi connectivity index (χ3n) is 6.63. The number of hydrogen-bond acceptors (Lipinski definition) is 3. The van der Waals surface area contributed by atoms with Crippen molar-refractivity contribution in [2.75, 3.05) is 34.2 Å². The molecule has 142 valence electrons. The lowest BCUT2D eigenvalue weighted by atomic mass is 9.86. The van der Waals surface area contributed by atoms with E-state index in [1.807, 2.05) is 11.9 Å². The molecule has 1 aliphatic heterocycles. The van der Waals surface area contributed by atoms with Gasteiger partial charge in [0.25, 0.3) is 0 Å². The zero-order valence-electron chi connectivity index (χ0n) is 16.3. The summed E-state index contributed by atoms with van der Waals surface area (Å²) in [4.78, 5) is 19.8. The van der Waals surface area contributed by atoms with Crippen molar-refractivity contribution in [2.24, 2.45) is 0 Å². The summed E-state index contributed by atoms with van der Waals surface area (Å²) in [5.41, 5.74) is 0. The van der Waals surface area contributed by atoms with Gasteiger partial charge in [0.2, 0.25) is 0 Å². The molecule has 0 radical (unpaired) electrons. The van der Waals surface area contributed by atoms with Gasteiger partial charge < -0.3 is 15.1 Å². The first-order chi connectivity index (χ1) is 12.1. The van der Waals surface area contributed by atoms with Crippen LogP contribution in [0.5, 0.6) is 0 Å². The largest absolute Gasteiger partial charge is 0.335 e. The van der Waals surface area contributed by atoms with Gasteiger partial charge in [0.1, 0.15) is 0 Å². The minimum absolute atomic E-state index is 0.113. The second-order valence-corrected chi connectivity index (χ2v) is 8.32. The van der Waals surface area contributed by atoms with Gasteiger partial charge in [-0.15, -0.1) is 0 Å². The third kappa shape index (κ3) is 4.56. The van der Waals surface area contributed by atoms with E-state index >= 15 is 0 Å². The van der Waals surface area contributed by atoms with E-state index < -0.39 is 0 Å². The number of likely N-dealkylation sites (tertiary alicyclic amines) is 1. The molecular weight excluding hydrogens is 312 g/mol. The number of amides is 2. The lowest BCUT2D eigenvalue weighted by Gasteiger charge is -2.46. The van der Waals surface area contributed by atoms with Crippen molar-refractivity contribution in [3.8, 4) is 0 Å². The van der Waals surface area contributed by atoms with E-state index in [1.165, 1.54) is 45.2 Å². The monoisotopic (exact) mass is 348 g/mol. The first kappa shape index (κ1) is 18.7.